The van der Waals surface area contributed by atoms with Gasteiger partial charge in [0.1, 0.15) is 17.4 Å². The zero-order chi connectivity index (χ0) is 23.9. The quantitative estimate of drug-likeness (QED) is 0.429. The maximum atomic E-state index is 13.8. The number of anilines is 2. The molecular formula is C26H29FN6O. The first kappa shape index (κ1) is 22.1. The number of aryl methyl sites for hydroxylation is 1. The standard InChI is InChI=1S/C26H29FN6O/c1-18-29-30-25-24(28-23(17-33(18)25)19-8-10-22(34-4)11-9-19)32-14-12-26(2,13-15-32)31(3)21-7-5-6-20(27)16-21/h5-11,16-17H,12-15H2,1-4H3. The van der Waals surface area contributed by atoms with Gasteiger partial charge in [-0.15, -0.1) is 10.2 Å². The molecule has 1 fully saturated rings. The predicted octanol–water partition coefficient (Wildman–Crippen LogP) is 4.74. The molecule has 0 saturated carbocycles. The molecule has 0 radical (unpaired) electrons. The number of nitrogens with zero attached hydrogens (tertiary/aromatic N) is 6. The highest BCUT2D eigenvalue weighted by Crippen LogP contribution is 2.35. The van der Waals surface area contributed by atoms with Gasteiger partial charge in [-0.25, -0.2) is 9.37 Å². The Bertz CT molecular complexity index is 1310. The summed E-state index contributed by atoms with van der Waals surface area (Å²) in [6.45, 7) is 5.82. The van der Waals surface area contributed by atoms with Crippen molar-refractivity contribution in [2.75, 3.05) is 37.0 Å². The lowest BCUT2D eigenvalue weighted by Gasteiger charge is -2.46. The molecule has 0 N–H and O–H groups in total. The van der Waals surface area contributed by atoms with Gasteiger partial charge in [0.25, 0.3) is 0 Å². The van der Waals surface area contributed by atoms with Gasteiger partial charge in [-0.3, -0.25) is 4.40 Å². The number of aromatic nitrogens is 4. The van der Waals surface area contributed by atoms with Gasteiger partial charge in [-0.1, -0.05) is 6.07 Å². The SMILES string of the molecule is COc1ccc(-c2cn3c(C)nnc3c(N3CCC(C)(N(C)c4cccc(F)c4)CC3)n2)cc1. The van der Waals surface area contributed by atoms with E-state index in [1.807, 2.05) is 54.9 Å². The molecule has 0 aliphatic carbocycles. The van der Waals surface area contributed by atoms with Crippen LogP contribution in [0.2, 0.25) is 0 Å². The molecule has 7 nitrogen and oxygen atoms in total. The first-order valence-electron chi connectivity index (χ1n) is 11.5. The van der Waals surface area contributed by atoms with E-state index >= 15 is 0 Å². The van der Waals surface area contributed by atoms with Crippen molar-refractivity contribution >= 4 is 17.2 Å². The van der Waals surface area contributed by atoms with Gasteiger partial charge in [-0.2, -0.15) is 0 Å². The van der Waals surface area contributed by atoms with Gasteiger partial charge in [-0.05, 0) is 69.2 Å². The van der Waals surface area contributed by atoms with Gasteiger partial charge < -0.3 is 14.5 Å². The monoisotopic (exact) mass is 460 g/mol. The van der Waals surface area contributed by atoms with E-state index in [-0.39, 0.29) is 11.4 Å². The fourth-order valence-electron chi connectivity index (χ4n) is 4.64. The minimum absolute atomic E-state index is 0.0856. The molecule has 2 aromatic carbocycles. The topological polar surface area (TPSA) is 58.8 Å². The molecule has 34 heavy (non-hydrogen) atoms. The third-order valence-electron chi connectivity index (χ3n) is 7.08. The molecule has 1 saturated heterocycles. The van der Waals surface area contributed by atoms with Crippen LogP contribution in [0.5, 0.6) is 5.75 Å². The zero-order valence-corrected chi connectivity index (χ0v) is 20.0. The number of halogens is 1. The summed E-state index contributed by atoms with van der Waals surface area (Å²) in [6, 6.07) is 14.7. The molecule has 2 aromatic heterocycles. The number of methoxy groups -OCH3 is 1. The Labute approximate surface area is 198 Å². The average molecular weight is 461 g/mol. The fourth-order valence-corrected chi connectivity index (χ4v) is 4.64. The fraction of sp³-hybridized carbons (Fsp3) is 0.346. The van der Waals surface area contributed by atoms with Gasteiger partial charge in [0.05, 0.1) is 12.8 Å². The summed E-state index contributed by atoms with van der Waals surface area (Å²) in [5.41, 5.74) is 3.43. The molecule has 176 valence electrons. The van der Waals surface area contributed by atoms with Gasteiger partial charge in [0.2, 0.25) is 5.65 Å². The molecule has 0 bridgehead atoms. The Morgan fingerprint density at radius 2 is 1.79 bits per heavy atom. The van der Waals surface area contributed by atoms with E-state index in [4.69, 9.17) is 9.72 Å². The number of benzene rings is 2. The van der Waals surface area contributed by atoms with Crippen LogP contribution in [0, 0.1) is 12.7 Å². The normalized spacial score (nSPS) is 15.5. The smallest absolute Gasteiger partial charge is 0.203 e. The van der Waals surface area contributed by atoms with Crippen molar-refractivity contribution in [3.8, 4) is 17.0 Å². The Morgan fingerprint density at radius 3 is 2.47 bits per heavy atom. The van der Waals surface area contributed by atoms with Crippen molar-refractivity contribution in [3.63, 3.8) is 0 Å². The van der Waals surface area contributed by atoms with E-state index in [1.54, 1.807) is 19.2 Å². The minimum Gasteiger partial charge on any atom is -0.497 e. The van der Waals surface area contributed by atoms with Crippen LogP contribution in [0.3, 0.4) is 0 Å². The summed E-state index contributed by atoms with van der Waals surface area (Å²) in [5, 5.41) is 8.72. The van der Waals surface area contributed by atoms with E-state index in [9.17, 15) is 4.39 Å². The van der Waals surface area contributed by atoms with Crippen LogP contribution in [-0.4, -0.2) is 52.4 Å². The summed E-state index contributed by atoms with van der Waals surface area (Å²) < 4.78 is 21.1. The average Bonchev–Trinajstić information content (AvgIpc) is 3.24. The van der Waals surface area contributed by atoms with Crippen molar-refractivity contribution < 1.29 is 9.13 Å². The molecule has 1 aliphatic heterocycles. The number of hydrogen-bond donors (Lipinski definition) is 0. The lowest BCUT2D eigenvalue weighted by molar-refractivity contribution is 0.346. The van der Waals surface area contributed by atoms with Crippen LogP contribution in [0.1, 0.15) is 25.6 Å². The number of piperidine rings is 1. The number of ether oxygens (including phenoxy) is 1. The van der Waals surface area contributed by atoms with Gasteiger partial charge in [0.15, 0.2) is 5.82 Å². The van der Waals surface area contributed by atoms with E-state index < -0.39 is 0 Å². The number of hydrogen-bond acceptors (Lipinski definition) is 6. The van der Waals surface area contributed by atoms with Crippen molar-refractivity contribution in [3.05, 3.63) is 66.4 Å². The summed E-state index contributed by atoms with van der Waals surface area (Å²) in [5.74, 6) is 2.25. The van der Waals surface area contributed by atoms with Crippen molar-refractivity contribution in [2.24, 2.45) is 0 Å². The molecule has 0 spiro atoms. The van der Waals surface area contributed by atoms with Crippen LogP contribution >= 0.6 is 0 Å². The molecule has 4 aromatic rings. The van der Waals surface area contributed by atoms with E-state index in [1.165, 1.54) is 6.07 Å². The Kier molecular flexibility index (Phi) is 5.59. The van der Waals surface area contributed by atoms with E-state index in [0.29, 0.717) is 0 Å². The third-order valence-corrected chi connectivity index (χ3v) is 7.08. The first-order chi connectivity index (χ1) is 16.4. The molecule has 5 rings (SSSR count). The van der Waals surface area contributed by atoms with E-state index in [0.717, 1.165) is 65.9 Å². The molecular weight excluding hydrogens is 431 g/mol. The molecule has 0 atom stereocenters. The molecule has 3 heterocycles. The Morgan fingerprint density at radius 1 is 1.06 bits per heavy atom. The van der Waals surface area contributed by atoms with Crippen LogP contribution in [0.25, 0.3) is 16.9 Å². The lowest BCUT2D eigenvalue weighted by Crippen LogP contribution is -2.52. The zero-order valence-electron chi connectivity index (χ0n) is 20.0. The van der Waals surface area contributed by atoms with Crippen LogP contribution in [0.4, 0.5) is 15.9 Å². The maximum absolute atomic E-state index is 13.8. The van der Waals surface area contributed by atoms with Gasteiger partial charge in [0, 0.05) is 43.1 Å². The molecule has 0 unspecified atom stereocenters. The highest BCUT2D eigenvalue weighted by Gasteiger charge is 2.35. The van der Waals surface area contributed by atoms with Gasteiger partial charge >= 0.3 is 0 Å². The molecule has 8 heteroatoms. The summed E-state index contributed by atoms with van der Waals surface area (Å²) in [7, 11) is 3.71. The number of rotatable bonds is 5. The van der Waals surface area contributed by atoms with Crippen molar-refractivity contribution in [1.82, 2.24) is 19.6 Å². The highest BCUT2D eigenvalue weighted by molar-refractivity contribution is 5.70. The number of fused-ring (bicyclic) bond motifs is 1. The van der Waals surface area contributed by atoms with Crippen LogP contribution in [-0.2, 0) is 0 Å². The second kappa shape index (κ2) is 8.59. The van der Waals surface area contributed by atoms with E-state index in [2.05, 4.69) is 26.9 Å². The minimum atomic E-state index is -0.213. The maximum Gasteiger partial charge on any atom is 0.203 e. The largest absolute Gasteiger partial charge is 0.497 e. The van der Waals surface area contributed by atoms with Crippen LogP contribution < -0.4 is 14.5 Å². The Hall–Kier alpha value is -3.68. The summed E-state index contributed by atoms with van der Waals surface area (Å²) in [4.78, 5) is 9.51. The second-order valence-electron chi connectivity index (χ2n) is 9.14. The highest BCUT2D eigenvalue weighted by atomic mass is 19.1. The van der Waals surface area contributed by atoms with Crippen molar-refractivity contribution in [2.45, 2.75) is 32.2 Å². The lowest BCUT2D eigenvalue weighted by atomic mass is 9.87. The predicted molar refractivity (Wildman–Crippen MR) is 132 cm³/mol. The third kappa shape index (κ3) is 3.93. The first-order valence-corrected chi connectivity index (χ1v) is 11.5. The van der Waals surface area contributed by atoms with Crippen molar-refractivity contribution in [1.29, 1.82) is 0 Å². The summed E-state index contributed by atoms with van der Waals surface area (Å²) in [6.07, 6.45) is 3.81. The summed E-state index contributed by atoms with van der Waals surface area (Å²) >= 11 is 0. The molecule has 0 amide bonds. The Balaban J connectivity index is 1.44. The molecule has 1 aliphatic rings. The second-order valence-corrected chi connectivity index (χ2v) is 9.14. The van der Waals surface area contributed by atoms with Crippen LogP contribution in [0.15, 0.2) is 54.7 Å².